The first-order valence-electron chi connectivity index (χ1n) is 15.6. The first-order chi connectivity index (χ1) is 21.4. The van der Waals surface area contributed by atoms with E-state index in [4.69, 9.17) is 39.9 Å². The lowest BCUT2D eigenvalue weighted by molar-refractivity contribution is -0.197. The highest BCUT2D eigenvalue weighted by Gasteiger charge is 2.48. The van der Waals surface area contributed by atoms with Gasteiger partial charge >= 0.3 is 35.8 Å². The Balaban J connectivity index is 2.10. The second-order valence-electron chi connectivity index (χ2n) is 14.0. The van der Waals surface area contributed by atoms with Crippen LogP contribution in [0.5, 0.6) is 0 Å². The summed E-state index contributed by atoms with van der Waals surface area (Å²) in [7, 11) is 0. The monoisotopic (exact) mass is 654 g/mol. The van der Waals surface area contributed by atoms with Gasteiger partial charge in [-0.1, -0.05) is 0 Å². The van der Waals surface area contributed by atoms with Gasteiger partial charge in [0.15, 0.2) is 0 Å². The fourth-order valence-electron chi connectivity index (χ4n) is 5.01. The standard InChI is InChI=1S/C32H50N2O12/c1-29(2,3)25(37)41-19-43-27(39)31(13-9-21(17-33)10-14-31)45-23(35)7-8-24(36)46-32(15-11-22(18-34)12-16-32)28(40)44-20-42-26(38)30(4,5)6/h7-8,21-22H,9-20,33-34H2,1-6H3/b8-7+. The van der Waals surface area contributed by atoms with Crippen molar-refractivity contribution in [1.29, 1.82) is 0 Å². The number of ether oxygens (including phenoxy) is 6. The quantitative estimate of drug-likeness (QED) is 0.134. The number of hydrogen-bond acceptors (Lipinski definition) is 14. The Kier molecular flexibility index (Phi) is 13.7. The van der Waals surface area contributed by atoms with Gasteiger partial charge in [0.25, 0.3) is 0 Å². The van der Waals surface area contributed by atoms with E-state index in [0.29, 0.717) is 38.8 Å². The topological polar surface area (TPSA) is 210 Å². The molecule has 0 aromatic carbocycles. The largest absolute Gasteiger partial charge is 0.444 e. The molecule has 4 N–H and O–H groups in total. The summed E-state index contributed by atoms with van der Waals surface area (Å²) in [6.45, 7) is 9.34. The predicted octanol–water partition coefficient (Wildman–Crippen LogP) is 2.58. The molecule has 0 aromatic rings. The van der Waals surface area contributed by atoms with Crippen molar-refractivity contribution in [2.45, 2.75) is 104 Å². The number of rotatable bonds is 12. The van der Waals surface area contributed by atoms with Crippen LogP contribution in [0.3, 0.4) is 0 Å². The molecule has 0 spiro atoms. The Hall–Kier alpha value is -3.52. The van der Waals surface area contributed by atoms with E-state index in [2.05, 4.69) is 0 Å². The predicted molar refractivity (Wildman–Crippen MR) is 162 cm³/mol. The molecule has 0 atom stereocenters. The molecular formula is C32H50N2O12. The van der Waals surface area contributed by atoms with Crippen LogP contribution in [0, 0.1) is 22.7 Å². The Bertz CT molecular complexity index is 1050. The smallest absolute Gasteiger partial charge is 0.353 e. The molecule has 0 aromatic heterocycles. The number of esters is 6. The minimum absolute atomic E-state index is 0.113. The zero-order valence-electron chi connectivity index (χ0n) is 27.8. The maximum Gasteiger partial charge on any atom is 0.353 e. The molecule has 2 saturated carbocycles. The molecule has 2 fully saturated rings. The van der Waals surface area contributed by atoms with Crippen LogP contribution in [0.2, 0.25) is 0 Å². The normalized spacial score (nSPS) is 25.2. The number of carbonyl (C=O) groups excluding carboxylic acids is 6. The molecule has 0 unspecified atom stereocenters. The molecular weight excluding hydrogens is 604 g/mol. The molecule has 0 radical (unpaired) electrons. The van der Waals surface area contributed by atoms with Gasteiger partial charge in [-0.15, -0.1) is 0 Å². The lowest BCUT2D eigenvalue weighted by atomic mass is 9.78. The van der Waals surface area contributed by atoms with Crippen molar-refractivity contribution < 1.29 is 57.2 Å². The molecule has 0 aliphatic heterocycles. The molecule has 14 nitrogen and oxygen atoms in total. The lowest BCUT2D eigenvalue weighted by Gasteiger charge is -2.37. The van der Waals surface area contributed by atoms with Gasteiger partial charge in [0, 0.05) is 12.2 Å². The molecule has 0 bridgehead atoms. The summed E-state index contributed by atoms with van der Waals surface area (Å²) >= 11 is 0. The van der Waals surface area contributed by atoms with Gasteiger partial charge in [-0.05, 0) is 118 Å². The van der Waals surface area contributed by atoms with Gasteiger partial charge in [0.2, 0.25) is 24.8 Å². The van der Waals surface area contributed by atoms with E-state index in [1.807, 2.05) is 0 Å². The van der Waals surface area contributed by atoms with E-state index in [9.17, 15) is 28.8 Å². The Morgan fingerprint density at radius 1 is 0.587 bits per heavy atom. The van der Waals surface area contributed by atoms with E-state index < -0.39 is 71.4 Å². The van der Waals surface area contributed by atoms with Crippen LogP contribution in [0.4, 0.5) is 0 Å². The van der Waals surface area contributed by atoms with Crippen molar-refractivity contribution in [1.82, 2.24) is 0 Å². The summed E-state index contributed by atoms with van der Waals surface area (Å²) in [5.74, 6) is -4.75. The number of hydrogen-bond donors (Lipinski definition) is 2. The maximum atomic E-state index is 13.1. The summed E-state index contributed by atoms with van der Waals surface area (Å²) in [6, 6.07) is 0. The summed E-state index contributed by atoms with van der Waals surface area (Å²) in [6.07, 6.45) is 3.95. The van der Waals surface area contributed by atoms with E-state index in [-0.39, 0.29) is 37.5 Å². The zero-order valence-corrected chi connectivity index (χ0v) is 27.8. The van der Waals surface area contributed by atoms with Crippen molar-refractivity contribution in [2.24, 2.45) is 34.1 Å². The molecule has 0 amide bonds. The highest BCUT2D eigenvalue weighted by atomic mass is 16.7. The van der Waals surface area contributed by atoms with Crippen LogP contribution in [0.15, 0.2) is 12.2 Å². The Morgan fingerprint density at radius 2 is 0.891 bits per heavy atom. The van der Waals surface area contributed by atoms with E-state index in [1.165, 1.54) is 0 Å². The fourth-order valence-corrected chi connectivity index (χ4v) is 5.01. The molecule has 14 heteroatoms. The van der Waals surface area contributed by atoms with Gasteiger partial charge in [-0.2, -0.15) is 0 Å². The third kappa shape index (κ3) is 11.1. The van der Waals surface area contributed by atoms with Crippen molar-refractivity contribution in [3.63, 3.8) is 0 Å². The zero-order chi connectivity index (χ0) is 34.8. The van der Waals surface area contributed by atoms with Crippen molar-refractivity contribution in [3.05, 3.63) is 12.2 Å². The van der Waals surface area contributed by atoms with Gasteiger partial charge in [0.05, 0.1) is 10.8 Å². The van der Waals surface area contributed by atoms with Crippen LogP contribution in [-0.2, 0) is 57.2 Å². The Morgan fingerprint density at radius 3 is 1.15 bits per heavy atom. The molecule has 2 aliphatic rings. The minimum Gasteiger partial charge on any atom is -0.444 e. The fraction of sp³-hybridized carbons (Fsp3) is 0.750. The minimum atomic E-state index is -1.68. The molecule has 260 valence electrons. The average molecular weight is 655 g/mol. The molecule has 0 heterocycles. The first-order valence-corrected chi connectivity index (χ1v) is 15.6. The molecule has 2 aliphatic carbocycles. The number of nitrogens with two attached hydrogens (primary N) is 2. The SMILES string of the molecule is CC(C)(C)C(=O)OCOC(=O)C1(OC(=O)/C=C/C(=O)OC2(C(=O)OCOC(=O)C(C)(C)C)CCC(CN)CC2)CCC(CN)CC1. The summed E-state index contributed by atoms with van der Waals surface area (Å²) in [5.41, 5.74) is 6.58. The molecule has 0 saturated heterocycles. The second-order valence-corrected chi connectivity index (χ2v) is 14.0. The van der Waals surface area contributed by atoms with E-state index in [1.54, 1.807) is 41.5 Å². The summed E-state index contributed by atoms with van der Waals surface area (Å²) in [4.78, 5) is 76.0. The van der Waals surface area contributed by atoms with E-state index >= 15 is 0 Å². The van der Waals surface area contributed by atoms with Crippen LogP contribution < -0.4 is 11.5 Å². The summed E-state index contributed by atoms with van der Waals surface area (Å²) < 4.78 is 31.5. The lowest BCUT2D eigenvalue weighted by Crippen LogP contribution is -2.48. The maximum absolute atomic E-state index is 13.1. The third-order valence-electron chi connectivity index (χ3n) is 8.17. The highest BCUT2D eigenvalue weighted by Crippen LogP contribution is 2.37. The molecule has 46 heavy (non-hydrogen) atoms. The second kappa shape index (κ2) is 16.3. The van der Waals surface area contributed by atoms with Gasteiger partial charge in [-0.25, -0.2) is 19.2 Å². The van der Waals surface area contributed by atoms with Crippen molar-refractivity contribution in [2.75, 3.05) is 26.7 Å². The van der Waals surface area contributed by atoms with E-state index in [0.717, 1.165) is 12.2 Å². The third-order valence-corrected chi connectivity index (χ3v) is 8.17. The van der Waals surface area contributed by atoms with Crippen LogP contribution in [0.1, 0.15) is 92.9 Å². The number of carbonyl (C=O) groups is 6. The Labute approximate surface area is 270 Å². The van der Waals surface area contributed by atoms with Crippen molar-refractivity contribution in [3.8, 4) is 0 Å². The average Bonchev–Trinajstić information content (AvgIpc) is 2.99. The van der Waals surface area contributed by atoms with Gasteiger partial charge < -0.3 is 39.9 Å². The summed E-state index contributed by atoms with van der Waals surface area (Å²) in [5, 5.41) is 0. The van der Waals surface area contributed by atoms with Crippen LogP contribution >= 0.6 is 0 Å². The van der Waals surface area contributed by atoms with Gasteiger partial charge in [0.1, 0.15) is 0 Å². The van der Waals surface area contributed by atoms with Crippen molar-refractivity contribution >= 4 is 35.8 Å². The highest BCUT2D eigenvalue weighted by molar-refractivity contribution is 5.95. The van der Waals surface area contributed by atoms with Gasteiger partial charge in [-0.3, -0.25) is 9.59 Å². The van der Waals surface area contributed by atoms with Crippen LogP contribution in [-0.4, -0.2) is 73.7 Å². The first kappa shape index (κ1) is 38.7. The van der Waals surface area contributed by atoms with Crippen LogP contribution in [0.25, 0.3) is 0 Å². The molecule has 2 rings (SSSR count).